The number of ether oxygens (including phenoxy) is 1. The molecule has 0 aliphatic rings. The molecule has 0 saturated carbocycles. The molecule has 0 saturated heterocycles. The summed E-state index contributed by atoms with van der Waals surface area (Å²) in [6, 6.07) is 22.4. The van der Waals surface area contributed by atoms with E-state index in [1.165, 1.54) is 0 Å². The lowest BCUT2D eigenvalue weighted by Crippen LogP contribution is -2.32. The second kappa shape index (κ2) is 8.88. The number of thiophene rings is 1. The van der Waals surface area contributed by atoms with Gasteiger partial charge in [0.05, 0.1) is 17.1 Å². The third-order valence-electron chi connectivity index (χ3n) is 4.66. The first kappa shape index (κ1) is 19.8. The highest BCUT2D eigenvalue weighted by Gasteiger charge is 2.20. The summed E-state index contributed by atoms with van der Waals surface area (Å²) in [4.78, 5) is 30.7. The van der Waals surface area contributed by atoms with Gasteiger partial charge in [0, 0.05) is 16.0 Å². The highest BCUT2D eigenvalue weighted by molar-refractivity contribution is 7.10. The fraction of sp³-hybridized carbons (Fsp3) is 0.125. The standard InChI is InChI=1S/C24H20N2O3S/c1-16-14-19(18-10-5-6-11-20(18)25-16)24(28)29-15-22(27)26-23(21-12-7-13-30-21)17-8-3-2-4-9-17/h2-14,23H,15H2,1H3,(H,26,27)/t23-/m0/s1. The Kier molecular flexibility index (Phi) is 5.86. The molecule has 1 amide bonds. The molecule has 0 bridgehead atoms. The SMILES string of the molecule is Cc1cc(C(=O)OCC(=O)N[C@@H](c2ccccc2)c2cccs2)c2ccccc2n1. The predicted molar refractivity (Wildman–Crippen MR) is 118 cm³/mol. The van der Waals surface area contributed by atoms with Crippen LogP contribution in [0.3, 0.4) is 0 Å². The number of para-hydroxylation sites is 1. The number of carbonyl (C=O) groups excluding carboxylic acids is 2. The first-order valence-electron chi connectivity index (χ1n) is 9.53. The van der Waals surface area contributed by atoms with Crippen molar-refractivity contribution in [1.29, 1.82) is 0 Å². The fourth-order valence-electron chi connectivity index (χ4n) is 3.31. The van der Waals surface area contributed by atoms with E-state index in [1.807, 2.05) is 79.0 Å². The third kappa shape index (κ3) is 4.39. The van der Waals surface area contributed by atoms with Gasteiger partial charge in [-0.15, -0.1) is 11.3 Å². The summed E-state index contributed by atoms with van der Waals surface area (Å²) in [6.07, 6.45) is 0. The van der Waals surface area contributed by atoms with Crippen molar-refractivity contribution in [1.82, 2.24) is 10.3 Å². The largest absolute Gasteiger partial charge is 0.452 e. The number of aromatic nitrogens is 1. The Bertz CT molecular complexity index is 1170. The van der Waals surface area contributed by atoms with Gasteiger partial charge < -0.3 is 10.1 Å². The molecular weight excluding hydrogens is 396 g/mol. The molecule has 0 unspecified atom stereocenters. The maximum atomic E-state index is 12.7. The van der Waals surface area contributed by atoms with Gasteiger partial charge in [-0.25, -0.2) is 4.79 Å². The molecule has 4 rings (SSSR count). The number of benzene rings is 2. The van der Waals surface area contributed by atoms with E-state index in [-0.39, 0.29) is 18.6 Å². The summed E-state index contributed by atoms with van der Waals surface area (Å²) in [5.41, 5.74) is 2.81. The Morgan fingerprint density at radius 1 is 1.03 bits per heavy atom. The molecule has 0 fully saturated rings. The molecule has 1 N–H and O–H groups in total. The van der Waals surface area contributed by atoms with Crippen LogP contribution in [0.25, 0.3) is 10.9 Å². The molecule has 0 radical (unpaired) electrons. The second-order valence-electron chi connectivity index (χ2n) is 6.83. The molecule has 5 nitrogen and oxygen atoms in total. The topological polar surface area (TPSA) is 68.3 Å². The number of carbonyl (C=O) groups is 2. The summed E-state index contributed by atoms with van der Waals surface area (Å²) >= 11 is 1.56. The molecule has 0 spiro atoms. The van der Waals surface area contributed by atoms with E-state index in [1.54, 1.807) is 17.4 Å². The lowest BCUT2D eigenvalue weighted by molar-refractivity contribution is -0.124. The third-order valence-corrected chi connectivity index (χ3v) is 5.60. The van der Waals surface area contributed by atoms with Crippen LogP contribution >= 0.6 is 11.3 Å². The minimum Gasteiger partial charge on any atom is -0.452 e. The minimum atomic E-state index is -0.542. The molecule has 1 atom stereocenters. The number of pyridine rings is 1. The molecule has 0 aliphatic carbocycles. The van der Waals surface area contributed by atoms with Gasteiger partial charge in [-0.05, 0) is 36.1 Å². The second-order valence-corrected chi connectivity index (χ2v) is 7.81. The van der Waals surface area contributed by atoms with Gasteiger partial charge in [-0.1, -0.05) is 54.6 Å². The number of nitrogens with one attached hydrogen (secondary N) is 1. The van der Waals surface area contributed by atoms with Gasteiger partial charge in [0.25, 0.3) is 5.91 Å². The Labute approximate surface area is 178 Å². The molecule has 4 aromatic rings. The lowest BCUT2D eigenvalue weighted by Gasteiger charge is -2.18. The number of hydrogen-bond donors (Lipinski definition) is 1. The van der Waals surface area contributed by atoms with Gasteiger partial charge >= 0.3 is 5.97 Å². The van der Waals surface area contributed by atoms with Crippen LogP contribution in [0.5, 0.6) is 0 Å². The molecular formula is C24H20N2O3S. The number of nitrogens with zero attached hydrogens (tertiary/aromatic N) is 1. The highest BCUT2D eigenvalue weighted by Crippen LogP contribution is 2.26. The number of rotatable bonds is 6. The lowest BCUT2D eigenvalue weighted by atomic mass is 10.1. The van der Waals surface area contributed by atoms with E-state index < -0.39 is 5.97 Å². The van der Waals surface area contributed by atoms with Crippen LogP contribution in [0.1, 0.15) is 32.5 Å². The van der Waals surface area contributed by atoms with Crippen LogP contribution in [-0.2, 0) is 9.53 Å². The van der Waals surface area contributed by atoms with Crippen LogP contribution in [0.15, 0.2) is 78.2 Å². The molecule has 2 heterocycles. The van der Waals surface area contributed by atoms with Crippen molar-refractivity contribution in [2.45, 2.75) is 13.0 Å². The zero-order valence-electron chi connectivity index (χ0n) is 16.4. The molecule has 2 aromatic carbocycles. The quantitative estimate of drug-likeness (QED) is 0.464. The maximum absolute atomic E-state index is 12.7. The predicted octanol–water partition coefficient (Wildman–Crippen LogP) is 4.67. The van der Waals surface area contributed by atoms with Gasteiger partial charge in [-0.3, -0.25) is 9.78 Å². The molecule has 6 heteroatoms. The molecule has 150 valence electrons. The van der Waals surface area contributed by atoms with E-state index >= 15 is 0 Å². The van der Waals surface area contributed by atoms with E-state index in [4.69, 9.17) is 4.74 Å². The Hall–Kier alpha value is -3.51. The van der Waals surface area contributed by atoms with E-state index in [9.17, 15) is 9.59 Å². The zero-order valence-corrected chi connectivity index (χ0v) is 17.2. The average Bonchev–Trinajstić information content (AvgIpc) is 3.30. The van der Waals surface area contributed by atoms with Crippen molar-refractivity contribution in [3.63, 3.8) is 0 Å². The van der Waals surface area contributed by atoms with Gasteiger partial charge in [-0.2, -0.15) is 0 Å². The van der Waals surface area contributed by atoms with Gasteiger partial charge in [0.15, 0.2) is 6.61 Å². The molecule has 0 aliphatic heterocycles. The Balaban J connectivity index is 1.47. The molecule has 30 heavy (non-hydrogen) atoms. The summed E-state index contributed by atoms with van der Waals surface area (Å²) in [5.74, 6) is -0.903. The number of fused-ring (bicyclic) bond motifs is 1. The number of aryl methyl sites for hydroxylation is 1. The molecule has 2 aromatic heterocycles. The van der Waals surface area contributed by atoms with Crippen LogP contribution in [0.2, 0.25) is 0 Å². The van der Waals surface area contributed by atoms with Crippen molar-refractivity contribution in [3.8, 4) is 0 Å². The summed E-state index contributed by atoms with van der Waals surface area (Å²) in [5, 5.41) is 5.64. The van der Waals surface area contributed by atoms with Crippen LogP contribution < -0.4 is 5.32 Å². The van der Waals surface area contributed by atoms with Crippen LogP contribution in [0.4, 0.5) is 0 Å². The van der Waals surface area contributed by atoms with Crippen molar-refractivity contribution in [2.75, 3.05) is 6.61 Å². The first-order valence-corrected chi connectivity index (χ1v) is 10.4. The minimum absolute atomic E-state index is 0.290. The maximum Gasteiger partial charge on any atom is 0.339 e. The fourth-order valence-corrected chi connectivity index (χ4v) is 4.11. The zero-order chi connectivity index (χ0) is 20.9. The Morgan fingerprint density at radius 2 is 1.80 bits per heavy atom. The van der Waals surface area contributed by atoms with Crippen LogP contribution in [-0.4, -0.2) is 23.5 Å². The first-order chi connectivity index (χ1) is 14.6. The monoisotopic (exact) mass is 416 g/mol. The van der Waals surface area contributed by atoms with Crippen molar-refractivity contribution >= 4 is 34.1 Å². The highest BCUT2D eigenvalue weighted by atomic mass is 32.1. The average molecular weight is 417 g/mol. The van der Waals surface area contributed by atoms with Crippen molar-refractivity contribution in [2.24, 2.45) is 0 Å². The van der Waals surface area contributed by atoms with Crippen LogP contribution in [0, 0.1) is 6.92 Å². The summed E-state index contributed by atoms with van der Waals surface area (Å²) in [7, 11) is 0. The van der Waals surface area contributed by atoms with E-state index in [0.717, 1.165) is 16.0 Å². The summed E-state index contributed by atoms with van der Waals surface area (Å²) in [6.45, 7) is 1.46. The van der Waals surface area contributed by atoms with Gasteiger partial charge in [0.1, 0.15) is 0 Å². The number of esters is 1. The normalized spacial score (nSPS) is 11.8. The number of hydrogen-bond acceptors (Lipinski definition) is 5. The van der Waals surface area contributed by atoms with E-state index in [0.29, 0.717) is 16.6 Å². The van der Waals surface area contributed by atoms with E-state index in [2.05, 4.69) is 10.3 Å². The smallest absolute Gasteiger partial charge is 0.339 e. The Morgan fingerprint density at radius 3 is 2.57 bits per heavy atom. The van der Waals surface area contributed by atoms with Crippen molar-refractivity contribution < 1.29 is 14.3 Å². The van der Waals surface area contributed by atoms with Gasteiger partial charge in [0.2, 0.25) is 0 Å². The summed E-state index contributed by atoms with van der Waals surface area (Å²) < 4.78 is 5.33. The van der Waals surface area contributed by atoms with Crippen molar-refractivity contribution in [3.05, 3.63) is 99.9 Å². The number of amides is 1.